The molecular weight excluding hydrogens is 192 g/mol. The molecule has 16 heavy (non-hydrogen) atoms. The van der Waals surface area contributed by atoms with Gasteiger partial charge in [0, 0.05) is 0 Å². The third-order valence-corrected chi connectivity index (χ3v) is 5.72. The Bertz CT molecular complexity index is 278. The van der Waals surface area contributed by atoms with Gasteiger partial charge in [0.15, 0.2) is 0 Å². The molecule has 0 aliphatic heterocycles. The average Bonchev–Trinajstić information content (AvgIpc) is 2.31. The van der Waals surface area contributed by atoms with Crippen LogP contribution in [0.4, 0.5) is 0 Å². The number of rotatable bonds is 0. The monoisotopic (exact) mass is 218 g/mol. The smallest absolute Gasteiger partial charge is 0.0172 e. The number of fused-ring (bicyclic) bond motifs is 2. The summed E-state index contributed by atoms with van der Waals surface area (Å²) >= 11 is 0. The van der Waals surface area contributed by atoms with Gasteiger partial charge in [-0.1, -0.05) is 38.3 Å². The molecule has 3 fully saturated rings. The van der Waals surface area contributed by atoms with Gasteiger partial charge in [-0.2, -0.15) is 0 Å². The first-order valence-electron chi connectivity index (χ1n) is 7.44. The van der Waals surface area contributed by atoms with Crippen molar-refractivity contribution in [3.05, 3.63) is 12.2 Å². The first-order valence-corrected chi connectivity index (χ1v) is 7.44. The Labute approximate surface area is 101 Å². The normalized spacial score (nSPS) is 48.3. The van der Waals surface area contributed by atoms with Crippen LogP contribution in [-0.2, 0) is 0 Å². The Morgan fingerprint density at radius 3 is 2.50 bits per heavy atom. The second kappa shape index (κ2) is 4.20. The molecule has 0 bridgehead atoms. The Morgan fingerprint density at radius 2 is 1.62 bits per heavy atom. The van der Waals surface area contributed by atoms with Gasteiger partial charge in [-0.15, -0.1) is 0 Å². The minimum atomic E-state index is 0.906. The summed E-state index contributed by atoms with van der Waals surface area (Å²) in [6.07, 6.45) is 11.9. The Kier molecular flexibility index (Phi) is 2.85. The van der Waals surface area contributed by atoms with Crippen LogP contribution in [0.2, 0.25) is 0 Å². The van der Waals surface area contributed by atoms with E-state index in [0.29, 0.717) is 0 Å². The molecule has 3 aliphatic carbocycles. The zero-order valence-corrected chi connectivity index (χ0v) is 10.8. The lowest BCUT2D eigenvalue weighted by Crippen LogP contribution is -2.38. The van der Waals surface area contributed by atoms with Crippen LogP contribution in [0, 0.1) is 29.6 Å². The fourth-order valence-electron chi connectivity index (χ4n) is 4.82. The minimum absolute atomic E-state index is 0.906. The minimum Gasteiger partial charge on any atom is -0.0993 e. The fraction of sp³-hybridized carbons (Fsp3) is 0.875. The van der Waals surface area contributed by atoms with E-state index in [-0.39, 0.29) is 0 Å². The molecule has 0 heterocycles. The van der Waals surface area contributed by atoms with Crippen LogP contribution in [0.25, 0.3) is 0 Å². The van der Waals surface area contributed by atoms with Crippen LogP contribution >= 0.6 is 0 Å². The van der Waals surface area contributed by atoms with Crippen LogP contribution in [0.3, 0.4) is 0 Å². The third kappa shape index (κ3) is 1.75. The molecule has 5 unspecified atom stereocenters. The summed E-state index contributed by atoms with van der Waals surface area (Å²) in [4.78, 5) is 0. The second-order valence-electron chi connectivity index (χ2n) is 6.75. The molecule has 3 saturated carbocycles. The van der Waals surface area contributed by atoms with E-state index in [2.05, 4.69) is 13.5 Å². The largest absolute Gasteiger partial charge is 0.0993 e. The summed E-state index contributed by atoms with van der Waals surface area (Å²) in [6.45, 7) is 6.96. The van der Waals surface area contributed by atoms with Crippen molar-refractivity contribution < 1.29 is 0 Å². The van der Waals surface area contributed by atoms with E-state index in [9.17, 15) is 0 Å². The highest BCUT2D eigenvalue weighted by Crippen LogP contribution is 2.53. The van der Waals surface area contributed by atoms with Gasteiger partial charge < -0.3 is 0 Å². The molecule has 0 N–H and O–H groups in total. The molecule has 3 aliphatic rings. The summed E-state index contributed by atoms with van der Waals surface area (Å²) in [6, 6.07) is 0. The van der Waals surface area contributed by atoms with Gasteiger partial charge in [-0.3, -0.25) is 0 Å². The molecule has 0 aromatic rings. The van der Waals surface area contributed by atoms with E-state index >= 15 is 0 Å². The lowest BCUT2D eigenvalue weighted by molar-refractivity contribution is 0.0916. The fourth-order valence-corrected chi connectivity index (χ4v) is 4.82. The van der Waals surface area contributed by atoms with Crippen LogP contribution in [0.1, 0.15) is 58.3 Å². The molecule has 0 amide bonds. The van der Waals surface area contributed by atoms with Crippen molar-refractivity contribution in [2.45, 2.75) is 58.3 Å². The van der Waals surface area contributed by atoms with Crippen LogP contribution in [-0.4, -0.2) is 0 Å². The van der Waals surface area contributed by atoms with Crippen molar-refractivity contribution in [2.24, 2.45) is 29.6 Å². The average molecular weight is 218 g/mol. The zero-order valence-electron chi connectivity index (χ0n) is 10.8. The summed E-state index contributed by atoms with van der Waals surface area (Å²) in [7, 11) is 0. The van der Waals surface area contributed by atoms with E-state index in [0.717, 1.165) is 29.6 Å². The Balaban J connectivity index is 1.78. The maximum absolute atomic E-state index is 4.52. The van der Waals surface area contributed by atoms with Gasteiger partial charge in [0.25, 0.3) is 0 Å². The number of hydrogen-bond donors (Lipinski definition) is 0. The molecule has 0 aromatic carbocycles. The molecule has 5 atom stereocenters. The van der Waals surface area contributed by atoms with Crippen molar-refractivity contribution in [3.8, 4) is 0 Å². The highest BCUT2D eigenvalue weighted by atomic mass is 14.5. The molecule has 90 valence electrons. The predicted octanol–water partition coefficient (Wildman–Crippen LogP) is 4.81. The predicted molar refractivity (Wildman–Crippen MR) is 69.2 cm³/mol. The summed E-state index contributed by atoms with van der Waals surface area (Å²) in [5.41, 5.74) is 1.67. The van der Waals surface area contributed by atoms with Gasteiger partial charge in [-0.05, 0) is 61.7 Å². The maximum atomic E-state index is 4.52. The third-order valence-electron chi connectivity index (χ3n) is 5.72. The molecule has 0 spiro atoms. The SMILES string of the molecule is C=C1C2CCCCC2CC2CCC(C)CC12. The highest BCUT2D eigenvalue weighted by Gasteiger charge is 2.42. The first kappa shape index (κ1) is 10.9. The van der Waals surface area contributed by atoms with E-state index in [1.807, 2.05) is 0 Å². The van der Waals surface area contributed by atoms with Crippen molar-refractivity contribution >= 4 is 0 Å². The topological polar surface area (TPSA) is 0 Å². The highest BCUT2D eigenvalue weighted by molar-refractivity contribution is 5.15. The van der Waals surface area contributed by atoms with E-state index in [1.54, 1.807) is 12.0 Å². The Hall–Kier alpha value is -0.260. The van der Waals surface area contributed by atoms with Gasteiger partial charge >= 0.3 is 0 Å². The quantitative estimate of drug-likeness (QED) is 0.512. The lowest BCUT2D eigenvalue weighted by Gasteiger charge is -2.48. The standard InChI is InChI=1S/C16H26/c1-11-7-8-14-10-13-5-3-4-6-15(13)12(2)16(14)9-11/h11,13-16H,2-10H2,1H3. The van der Waals surface area contributed by atoms with Crippen molar-refractivity contribution in [1.29, 1.82) is 0 Å². The van der Waals surface area contributed by atoms with Crippen LogP contribution < -0.4 is 0 Å². The van der Waals surface area contributed by atoms with Gasteiger partial charge in [0.05, 0.1) is 0 Å². The van der Waals surface area contributed by atoms with Crippen LogP contribution in [0.5, 0.6) is 0 Å². The Morgan fingerprint density at radius 1 is 0.875 bits per heavy atom. The van der Waals surface area contributed by atoms with Crippen LogP contribution in [0.15, 0.2) is 12.2 Å². The van der Waals surface area contributed by atoms with Crippen molar-refractivity contribution in [3.63, 3.8) is 0 Å². The van der Waals surface area contributed by atoms with Gasteiger partial charge in [-0.25, -0.2) is 0 Å². The lowest BCUT2D eigenvalue weighted by atomic mass is 9.57. The van der Waals surface area contributed by atoms with Crippen molar-refractivity contribution in [2.75, 3.05) is 0 Å². The summed E-state index contributed by atoms with van der Waals surface area (Å²) in [5, 5.41) is 0. The molecule has 0 heteroatoms. The molecule has 3 rings (SSSR count). The van der Waals surface area contributed by atoms with Gasteiger partial charge in [0.2, 0.25) is 0 Å². The first-order chi connectivity index (χ1) is 7.75. The van der Waals surface area contributed by atoms with E-state index < -0.39 is 0 Å². The molecule has 0 aromatic heterocycles. The molecule has 0 radical (unpaired) electrons. The van der Waals surface area contributed by atoms with Crippen molar-refractivity contribution in [1.82, 2.24) is 0 Å². The number of hydrogen-bond acceptors (Lipinski definition) is 0. The molecular formula is C16H26. The van der Waals surface area contributed by atoms with E-state index in [4.69, 9.17) is 0 Å². The number of allylic oxidation sites excluding steroid dienone is 1. The molecule has 0 nitrogen and oxygen atoms in total. The second-order valence-corrected chi connectivity index (χ2v) is 6.75. The maximum Gasteiger partial charge on any atom is -0.0172 e. The summed E-state index contributed by atoms with van der Waals surface area (Å²) < 4.78 is 0. The van der Waals surface area contributed by atoms with E-state index in [1.165, 1.54) is 44.9 Å². The summed E-state index contributed by atoms with van der Waals surface area (Å²) in [5.74, 6) is 4.82. The zero-order chi connectivity index (χ0) is 11.1. The van der Waals surface area contributed by atoms with Gasteiger partial charge in [0.1, 0.15) is 0 Å². The molecule has 0 saturated heterocycles.